The van der Waals surface area contributed by atoms with Gasteiger partial charge in [0, 0.05) is 77.6 Å². The number of amides is 3. The molecule has 0 aliphatic rings. The molecule has 0 radical (unpaired) electrons. The molecule has 9 rings (SSSR count). The van der Waals surface area contributed by atoms with Gasteiger partial charge in [0.2, 0.25) is 17.7 Å². The molecule has 4 N–H and O–H groups in total. The monoisotopic (exact) mass is 1070 g/mol. The van der Waals surface area contributed by atoms with Crippen molar-refractivity contribution in [2.24, 2.45) is 0 Å². The number of imidazole rings is 3. The number of hydrogen-bond donors (Lipinski definition) is 4. The molecule has 6 aromatic heterocycles. The van der Waals surface area contributed by atoms with Gasteiger partial charge in [0.15, 0.2) is 12.2 Å². The minimum absolute atomic E-state index is 0.0710. The largest absolute Gasteiger partial charge is 0.479 e. The summed E-state index contributed by atoms with van der Waals surface area (Å²) in [6, 6.07) is 36.9. The van der Waals surface area contributed by atoms with Crippen LogP contribution in [0.4, 0.5) is 0 Å². The van der Waals surface area contributed by atoms with Crippen LogP contribution in [0.3, 0.4) is 0 Å². The standard InChI is InChI=1S/3C19H21N3O.C4H6O6/c3*1-13-5-8-15(9-6-13)19-16(11-18(23)21(3)4)22-12-14(2)7-10-17(22)20-19;5-1(3(7)8)2(6)4(9)10/h3*5-10,12H,11H2,1-4H3;1-2,5-6H,(H,7,8)(H,9,10). The molecule has 0 bridgehead atoms. The average Bonchev–Trinajstić information content (AvgIpc) is 4.08. The van der Waals surface area contributed by atoms with E-state index in [1.165, 1.54) is 16.7 Å². The first-order chi connectivity index (χ1) is 37.3. The number of rotatable bonds is 12. The molecule has 6 heterocycles. The van der Waals surface area contributed by atoms with Gasteiger partial charge in [-0.2, -0.15) is 0 Å². The molecule has 0 fully saturated rings. The van der Waals surface area contributed by atoms with Crippen LogP contribution in [0.5, 0.6) is 0 Å². The number of likely N-dealkylation sites (N-methyl/N-ethyl adjacent to an activating group) is 3. The van der Waals surface area contributed by atoms with Gasteiger partial charge in [-0.05, 0) is 76.4 Å². The number of aliphatic carboxylic acids is 2. The molecule has 18 heteroatoms. The van der Waals surface area contributed by atoms with Gasteiger partial charge in [0.1, 0.15) is 16.9 Å². The molecule has 412 valence electrons. The molecule has 0 spiro atoms. The number of aliphatic hydroxyl groups excluding tert-OH is 2. The molecule has 3 amide bonds. The molecule has 0 saturated carbocycles. The van der Waals surface area contributed by atoms with E-state index in [0.29, 0.717) is 19.3 Å². The molecule has 0 aliphatic carbocycles. The number of fused-ring (bicyclic) bond motifs is 3. The van der Waals surface area contributed by atoms with Crippen molar-refractivity contribution in [2.45, 2.75) is 73.0 Å². The highest BCUT2D eigenvalue weighted by molar-refractivity contribution is 5.84. The van der Waals surface area contributed by atoms with Crippen LogP contribution in [0, 0.1) is 41.5 Å². The van der Waals surface area contributed by atoms with E-state index in [9.17, 15) is 24.0 Å². The highest BCUT2D eigenvalue weighted by Crippen LogP contribution is 2.29. The summed E-state index contributed by atoms with van der Waals surface area (Å²) < 4.78 is 6.10. The first-order valence-electron chi connectivity index (χ1n) is 25.4. The second-order valence-electron chi connectivity index (χ2n) is 20.1. The van der Waals surface area contributed by atoms with Crippen molar-refractivity contribution in [1.29, 1.82) is 0 Å². The topological polar surface area (TPSA) is 228 Å². The number of hydrogen-bond acceptors (Lipinski definition) is 10. The molecule has 3 aromatic carbocycles. The van der Waals surface area contributed by atoms with Crippen LogP contribution in [0.2, 0.25) is 0 Å². The minimum atomic E-state index is -2.27. The number of aromatic nitrogens is 6. The van der Waals surface area contributed by atoms with E-state index >= 15 is 0 Å². The van der Waals surface area contributed by atoms with E-state index in [-0.39, 0.29) is 17.7 Å². The fourth-order valence-corrected chi connectivity index (χ4v) is 8.11. The Morgan fingerprint density at radius 3 is 0.797 bits per heavy atom. The lowest BCUT2D eigenvalue weighted by molar-refractivity contribution is -0.165. The average molecular weight is 1070 g/mol. The van der Waals surface area contributed by atoms with Crippen molar-refractivity contribution >= 4 is 46.6 Å². The van der Waals surface area contributed by atoms with Crippen molar-refractivity contribution < 1.29 is 44.4 Å². The van der Waals surface area contributed by atoms with Crippen LogP contribution in [-0.2, 0) is 43.2 Å². The lowest BCUT2D eigenvalue weighted by atomic mass is 10.1. The Morgan fingerprint density at radius 2 is 0.595 bits per heavy atom. The van der Waals surface area contributed by atoms with E-state index in [4.69, 9.17) is 35.4 Å². The molecular weight excluding hydrogens is 1000 g/mol. The molecule has 9 aromatic rings. The van der Waals surface area contributed by atoms with Gasteiger partial charge in [-0.15, -0.1) is 0 Å². The third-order valence-electron chi connectivity index (χ3n) is 12.8. The summed E-state index contributed by atoms with van der Waals surface area (Å²) in [4.78, 5) is 75.5. The molecule has 2 atom stereocenters. The number of carboxylic acids is 2. The number of benzene rings is 3. The van der Waals surface area contributed by atoms with Crippen LogP contribution in [0.15, 0.2) is 128 Å². The second kappa shape index (κ2) is 25.9. The lowest BCUT2D eigenvalue weighted by Gasteiger charge is -2.11. The van der Waals surface area contributed by atoms with Crippen molar-refractivity contribution in [3.8, 4) is 33.8 Å². The highest BCUT2D eigenvalue weighted by Gasteiger charge is 2.29. The van der Waals surface area contributed by atoms with E-state index in [1.807, 2.05) is 89.0 Å². The summed E-state index contributed by atoms with van der Waals surface area (Å²) in [5.74, 6) is -3.32. The zero-order chi connectivity index (χ0) is 58.0. The molecule has 18 nitrogen and oxygen atoms in total. The summed E-state index contributed by atoms with van der Waals surface area (Å²) in [7, 11) is 10.7. The Labute approximate surface area is 459 Å². The van der Waals surface area contributed by atoms with Crippen molar-refractivity contribution in [3.63, 3.8) is 0 Å². The predicted octanol–water partition coefficient (Wildman–Crippen LogP) is 7.62. The number of aliphatic hydroxyl groups is 2. The van der Waals surface area contributed by atoms with Gasteiger partial charge in [-0.25, -0.2) is 24.5 Å². The first kappa shape index (κ1) is 59.2. The Kier molecular flexibility index (Phi) is 19.4. The summed E-state index contributed by atoms with van der Waals surface area (Å²) in [5, 5.41) is 32.5. The highest BCUT2D eigenvalue weighted by atomic mass is 16.4. The zero-order valence-corrected chi connectivity index (χ0v) is 46.8. The molecule has 0 aliphatic heterocycles. The minimum Gasteiger partial charge on any atom is -0.479 e. The normalized spacial score (nSPS) is 11.6. The second-order valence-corrected chi connectivity index (χ2v) is 20.1. The number of pyridine rings is 3. The molecule has 79 heavy (non-hydrogen) atoms. The van der Waals surface area contributed by atoms with Crippen LogP contribution in [-0.4, -0.2) is 147 Å². The Bertz CT molecular complexity index is 3260. The summed E-state index contributed by atoms with van der Waals surface area (Å²) >= 11 is 0. The quantitative estimate of drug-likeness (QED) is 0.0927. The van der Waals surface area contributed by atoms with E-state index < -0.39 is 24.1 Å². The van der Waals surface area contributed by atoms with Gasteiger partial charge in [-0.3, -0.25) is 14.4 Å². The molecule has 2 unspecified atom stereocenters. The SMILES string of the molecule is Cc1ccc(-c2nc3ccc(C)cn3c2CC(=O)N(C)C)cc1.Cc1ccc(-c2nc3ccc(C)cn3c2CC(=O)N(C)C)cc1.Cc1ccc(-c2nc3ccc(C)cn3c2CC(=O)N(C)C)cc1.O=C(O)C(O)C(O)C(=O)O. The Morgan fingerprint density at radius 1 is 0.380 bits per heavy atom. The predicted molar refractivity (Wildman–Crippen MR) is 305 cm³/mol. The number of carboxylic acid groups (broad SMARTS) is 2. The van der Waals surface area contributed by atoms with Gasteiger partial charge in [0.05, 0.1) is 53.4 Å². The van der Waals surface area contributed by atoms with Gasteiger partial charge in [0.25, 0.3) is 0 Å². The maximum atomic E-state index is 12.3. The van der Waals surface area contributed by atoms with Crippen LogP contribution in [0.1, 0.15) is 50.5 Å². The summed E-state index contributed by atoms with van der Waals surface area (Å²) in [5.41, 5.74) is 18.2. The number of carbonyl (C=O) groups is 5. The smallest absolute Gasteiger partial charge is 0.335 e. The van der Waals surface area contributed by atoms with Crippen LogP contribution in [0.25, 0.3) is 50.7 Å². The van der Waals surface area contributed by atoms with E-state index in [0.717, 1.165) is 84.5 Å². The summed E-state index contributed by atoms with van der Waals surface area (Å²) in [6.45, 7) is 12.3. The lowest BCUT2D eigenvalue weighted by Crippen LogP contribution is -2.39. The van der Waals surface area contributed by atoms with Crippen LogP contribution < -0.4 is 0 Å². The zero-order valence-electron chi connectivity index (χ0n) is 46.8. The van der Waals surface area contributed by atoms with E-state index in [1.54, 1.807) is 57.0 Å². The van der Waals surface area contributed by atoms with Gasteiger partial charge in [-0.1, -0.05) is 108 Å². The first-order valence-corrected chi connectivity index (χ1v) is 25.4. The fraction of sp³-hybridized carbons (Fsp3) is 0.279. The van der Waals surface area contributed by atoms with Gasteiger partial charge < -0.3 is 48.3 Å². The fourth-order valence-electron chi connectivity index (χ4n) is 8.11. The maximum Gasteiger partial charge on any atom is 0.335 e. The third kappa shape index (κ3) is 14.9. The van der Waals surface area contributed by atoms with E-state index in [2.05, 4.69) is 93.6 Å². The molecule has 0 saturated heterocycles. The summed E-state index contributed by atoms with van der Waals surface area (Å²) in [6.07, 6.45) is 2.59. The molecular formula is C61H69N9O9. The Hall–Kier alpha value is -9.00. The number of aryl methyl sites for hydroxylation is 6. The third-order valence-corrected chi connectivity index (χ3v) is 12.8. The van der Waals surface area contributed by atoms with Crippen molar-refractivity contribution in [2.75, 3.05) is 42.3 Å². The number of nitrogens with zero attached hydrogens (tertiary/aromatic N) is 9. The Balaban J connectivity index is 0.000000176. The van der Waals surface area contributed by atoms with Crippen molar-refractivity contribution in [1.82, 2.24) is 42.9 Å². The van der Waals surface area contributed by atoms with Gasteiger partial charge >= 0.3 is 11.9 Å². The number of carbonyl (C=O) groups excluding carboxylic acids is 3. The van der Waals surface area contributed by atoms with Crippen molar-refractivity contribution in [3.05, 3.63) is 178 Å². The van der Waals surface area contributed by atoms with Crippen LogP contribution >= 0.6 is 0 Å². The maximum absolute atomic E-state index is 12.3.